The minimum atomic E-state index is -0.515. The third kappa shape index (κ3) is 3.50. The minimum Gasteiger partial charge on any atom is -0.490 e. The van der Waals surface area contributed by atoms with Crippen molar-refractivity contribution >= 4 is 21.9 Å². The van der Waals surface area contributed by atoms with Crippen molar-refractivity contribution in [2.45, 2.75) is 56.7 Å². The highest BCUT2D eigenvalue weighted by Gasteiger charge is 2.41. The highest BCUT2D eigenvalue weighted by atomic mass is 16.5. The second-order valence-corrected chi connectivity index (χ2v) is 9.48. The Bertz CT molecular complexity index is 1230. The molecule has 4 heterocycles. The van der Waals surface area contributed by atoms with Gasteiger partial charge in [0, 0.05) is 24.0 Å². The van der Waals surface area contributed by atoms with E-state index < -0.39 is 6.10 Å². The number of hydrogen-bond acceptors (Lipinski definition) is 5. The quantitative estimate of drug-likeness (QED) is 0.428. The molecular weight excluding hydrogens is 402 g/mol. The topological polar surface area (TPSA) is 59.0 Å². The molecule has 4 aromatic rings. The number of nitrogens with zero attached hydrogens (tertiary/aromatic N) is 1. The summed E-state index contributed by atoms with van der Waals surface area (Å²) in [5.74, 6) is 1.33. The molecule has 2 fully saturated rings. The van der Waals surface area contributed by atoms with Crippen molar-refractivity contribution in [3.05, 3.63) is 66.1 Å². The Morgan fingerprint density at radius 1 is 1.03 bits per heavy atom. The Labute approximate surface area is 187 Å². The summed E-state index contributed by atoms with van der Waals surface area (Å²) >= 11 is 0. The Kier molecular flexibility index (Phi) is 4.96. The number of rotatable bonds is 6. The van der Waals surface area contributed by atoms with E-state index in [4.69, 9.17) is 13.6 Å². The number of fused-ring (bicyclic) bond motifs is 4. The van der Waals surface area contributed by atoms with Gasteiger partial charge in [-0.2, -0.15) is 0 Å². The van der Waals surface area contributed by atoms with E-state index >= 15 is 0 Å². The number of hydrogen-bond donors (Lipinski definition) is 1. The average Bonchev–Trinajstić information content (AvgIpc) is 3.48. The maximum Gasteiger partial charge on any atom is 0.137 e. The number of aliphatic hydroxyl groups excluding tert-OH is 1. The number of furan rings is 2. The summed E-state index contributed by atoms with van der Waals surface area (Å²) in [6.45, 7) is 3.05. The first-order valence-corrected chi connectivity index (χ1v) is 11.7. The van der Waals surface area contributed by atoms with Gasteiger partial charge in [0.15, 0.2) is 0 Å². The van der Waals surface area contributed by atoms with Gasteiger partial charge in [-0.05, 0) is 73.9 Å². The molecule has 2 aliphatic heterocycles. The van der Waals surface area contributed by atoms with Crippen molar-refractivity contribution < 1.29 is 18.7 Å². The predicted molar refractivity (Wildman–Crippen MR) is 124 cm³/mol. The zero-order valence-electron chi connectivity index (χ0n) is 18.4. The van der Waals surface area contributed by atoms with Crippen molar-refractivity contribution in [1.82, 2.24) is 4.90 Å². The van der Waals surface area contributed by atoms with E-state index in [1.54, 1.807) is 6.26 Å². The lowest BCUT2D eigenvalue weighted by Crippen LogP contribution is -2.47. The first-order valence-electron chi connectivity index (χ1n) is 11.7. The molecular formula is C27H29NO4. The van der Waals surface area contributed by atoms with Gasteiger partial charge in [-0.15, -0.1) is 0 Å². The van der Waals surface area contributed by atoms with Crippen molar-refractivity contribution in [1.29, 1.82) is 0 Å². The lowest BCUT2D eigenvalue weighted by Gasteiger charge is -2.40. The molecule has 2 aromatic heterocycles. The molecule has 32 heavy (non-hydrogen) atoms. The molecule has 0 amide bonds. The SMILES string of the molecule is Cc1coc2cc(C3CC4CCC(C3)N4C[C@H](O)COc3cccc4occc34)ccc12. The van der Waals surface area contributed by atoms with Gasteiger partial charge in [0.1, 0.15) is 29.6 Å². The lowest BCUT2D eigenvalue weighted by atomic mass is 9.84. The van der Waals surface area contributed by atoms with Crippen LogP contribution in [-0.2, 0) is 0 Å². The van der Waals surface area contributed by atoms with E-state index in [0.29, 0.717) is 24.5 Å². The second kappa shape index (κ2) is 7.98. The first-order chi connectivity index (χ1) is 15.7. The summed E-state index contributed by atoms with van der Waals surface area (Å²) in [6, 6.07) is 15.5. The summed E-state index contributed by atoms with van der Waals surface area (Å²) < 4.78 is 17.1. The van der Waals surface area contributed by atoms with Crippen LogP contribution in [0.3, 0.4) is 0 Å². The number of piperidine rings is 1. The summed E-state index contributed by atoms with van der Waals surface area (Å²) in [7, 11) is 0. The molecule has 3 atom stereocenters. The third-order valence-corrected chi connectivity index (χ3v) is 7.46. The molecule has 0 radical (unpaired) electrons. The van der Waals surface area contributed by atoms with Crippen LogP contribution in [0.2, 0.25) is 0 Å². The van der Waals surface area contributed by atoms with Crippen LogP contribution in [0.4, 0.5) is 0 Å². The molecule has 0 saturated carbocycles. The van der Waals surface area contributed by atoms with Gasteiger partial charge in [0.2, 0.25) is 0 Å². The summed E-state index contributed by atoms with van der Waals surface area (Å²) in [5.41, 5.74) is 4.39. The number of benzene rings is 2. The largest absolute Gasteiger partial charge is 0.490 e. The third-order valence-electron chi connectivity index (χ3n) is 7.46. The van der Waals surface area contributed by atoms with Gasteiger partial charge in [0.05, 0.1) is 17.9 Å². The van der Waals surface area contributed by atoms with Crippen LogP contribution >= 0.6 is 0 Å². The minimum absolute atomic E-state index is 0.290. The Morgan fingerprint density at radius 2 is 1.88 bits per heavy atom. The van der Waals surface area contributed by atoms with Crippen molar-refractivity contribution in [2.75, 3.05) is 13.2 Å². The zero-order chi connectivity index (χ0) is 21.7. The number of aryl methyl sites for hydroxylation is 1. The average molecular weight is 432 g/mol. The summed E-state index contributed by atoms with van der Waals surface area (Å²) in [5, 5.41) is 12.9. The Balaban J connectivity index is 1.10. The van der Waals surface area contributed by atoms with E-state index in [1.807, 2.05) is 30.5 Å². The van der Waals surface area contributed by atoms with Gasteiger partial charge in [-0.25, -0.2) is 0 Å². The van der Waals surface area contributed by atoms with Crippen molar-refractivity contribution in [2.24, 2.45) is 0 Å². The van der Waals surface area contributed by atoms with E-state index in [2.05, 4.69) is 30.0 Å². The van der Waals surface area contributed by atoms with Crippen molar-refractivity contribution in [3.63, 3.8) is 0 Å². The molecule has 5 heteroatoms. The van der Waals surface area contributed by atoms with Crippen LogP contribution in [0, 0.1) is 6.92 Å². The molecule has 2 aromatic carbocycles. The van der Waals surface area contributed by atoms with Crippen molar-refractivity contribution in [3.8, 4) is 5.75 Å². The van der Waals surface area contributed by atoms with Gasteiger partial charge < -0.3 is 18.7 Å². The number of ether oxygens (including phenoxy) is 1. The van der Waals surface area contributed by atoms with E-state index in [0.717, 1.165) is 35.1 Å². The maximum atomic E-state index is 10.7. The predicted octanol–water partition coefficient (Wildman–Crippen LogP) is 5.64. The van der Waals surface area contributed by atoms with Gasteiger partial charge in [0.25, 0.3) is 0 Å². The summed E-state index contributed by atoms with van der Waals surface area (Å²) in [4.78, 5) is 2.53. The van der Waals surface area contributed by atoms with E-state index in [1.165, 1.54) is 29.4 Å². The van der Waals surface area contributed by atoms with Crippen LogP contribution in [0.1, 0.15) is 42.7 Å². The molecule has 2 bridgehead atoms. The second-order valence-electron chi connectivity index (χ2n) is 9.48. The van der Waals surface area contributed by atoms with Crippen LogP contribution in [0.15, 0.2) is 63.8 Å². The molecule has 0 aliphatic carbocycles. The van der Waals surface area contributed by atoms with Crippen LogP contribution in [-0.4, -0.2) is 41.3 Å². The standard InChI is InChI=1S/C27H29NO4/c1-17-15-31-27-13-18(5-8-23(17)27)19-11-20-6-7-21(12-19)28(20)14-22(29)16-32-26-4-2-3-25-24(26)9-10-30-25/h2-5,8-10,13,15,19-22,29H,6-7,11-12,14,16H2,1H3/t19?,20?,21?,22-/m0/s1. The fourth-order valence-corrected chi connectivity index (χ4v) is 5.85. The van der Waals surface area contributed by atoms with E-state index in [-0.39, 0.29) is 6.61 Å². The molecule has 1 N–H and O–H groups in total. The smallest absolute Gasteiger partial charge is 0.137 e. The Morgan fingerprint density at radius 3 is 2.72 bits per heavy atom. The monoisotopic (exact) mass is 431 g/mol. The summed E-state index contributed by atoms with van der Waals surface area (Å²) in [6.07, 6.45) is 7.71. The fourth-order valence-electron chi connectivity index (χ4n) is 5.85. The van der Waals surface area contributed by atoms with Crippen LogP contribution in [0.5, 0.6) is 5.75 Å². The van der Waals surface area contributed by atoms with Crippen LogP contribution in [0.25, 0.3) is 21.9 Å². The zero-order valence-corrected chi connectivity index (χ0v) is 18.4. The van der Waals surface area contributed by atoms with Gasteiger partial charge in [-0.1, -0.05) is 18.2 Å². The molecule has 0 spiro atoms. The molecule has 2 unspecified atom stereocenters. The fraction of sp³-hybridized carbons (Fsp3) is 0.407. The van der Waals surface area contributed by atoms with Crippen LogP contribution < -0.4 is 4.74 Å². The molecule has 2 saturated heterocycles. The molecule has 5 nitrogen and oxygen atoms in total. The Hall–Kier alpha value is -2.76. The van der Waals surface area contributed by atoms with E-state index in [9.17, 15) is 5.11 Å². The molecule has 6 rings (SSSR count). The highest BCUT2D eigenvalue weighted by molar-refractivity contribution is 5.83. The van der Waals surface area contributed by atoms with Gasteiger partial charge in [-0.3, -0.25) is 4.90 Å². The maximum absolute atomic E-state index is 10.7. The van der Waals surface area contributed by atoms with Gasteiger partial charge >= 0.3 is 0 Å². The lowest BCUT2D eigenvalue weighted by molar-refractivity contribution is 0.0321. The normalized spacial score (nSPS) is 24.4. The number of aliphatic hydroxyl groups is 1. The first kappa shape index (κ1) is 19.9. The molecule has 166 valence electrons. The molecule has 2 aliphatic rings. The highest BCUT2D eigenvalue weighted by Crippen LogP contribution is 2.43.